The normalized spacial score (nSPS) is 10.7. The largest absolute Gasteiger partial charge is 0.452 e. The van der Waals surface area contributed by atoms with E-state index in [2.05, 4.69) is 10.2 Å². The van der Waals surface area contributed by atoms with Crippen LogP contribution in [0.4, 0.5) is 0 Å². The van der Waals surface area contributed by atoms with Crippen molar-refractivity contribution in [2.45, 2.75) is 0 Å². The molecule has 0 aliphatic heterocycles. The van der Waals surface area contributed by atoms with Gasteiger partial charge in [-0.1, -0.05) is 29.8 Å². The van der Waals surface area contributed by atoms with E-state index in [1.807, 2.05) is 0 Å². The number of H-pyrrole nitrogens is 1. The van der Waals surface area contributed by atoms with Crippen LogP contribution in [-0.2, 0) is 4.74 Å². The molecule has 1 aromatic carbocycles. The zero-order valence-electron chi connectivity index (χ0n) is 11.5. The number of fused-ring (bicyclic) bond motifs is 1. The molecule has 0 amide bonds. The lowest BCUT2D eigenvalue weighted by Crippen LogP contribution is -2.18. The molecular formula is C15H9ClN2O4S. The smallest absolute Gasteiger partial charge is 0.359 e. The van der Waals surface area contributed by atoms with Crippen molar-refractivity contribution in [2.24, 2.45) is 0 Å². The van der Waals surface area contributed by atoms with Crippen molar-refractivity contribution < 1.29 is 14.3 Å². The molecule has 2 heterocycles. The van der Waals surface area contributed by atoms with E-state index >= 15 is 0 Å². The van der Waals surface area contributed by atoms with Gasteiger partial charge in [-0.3, -0.25) is 9.59 Å². The minimum atomic E-state index is -0.784. The Morgan fingerprint density at radius 3 is 2.61 bits per heavy atom. The zero-order valence-corrected chi connectivity index (χ0v) is 13.1. The predicted molar refractivity (Wildman–Crippen MR) is 86.3 cm³/mol. The van der Waals surface area contributed by atoms with Crippen molar-refractivity contribution in [1.29, 1.82) is 0 Å². The average Bonchev–Trinajstić information content (AvgIpc) is 2.99. The summed E-state index contributed by atoms with van der Waals surface area (Å²) in [5, 5.41) is 6.65. The van der Waals surface area contributed by atoms with Gasteiger partial charge in [0.25, 0.3) is 5.56 Å². The van der Waals surface area contributed by atoms with Crippen LogP contribution in [0.15, 0.2) is 41.2 Å². The second-order valence-corrected chi connectivity index (χ2v) is 6.27. The number of hydrogen-bond acceptors (Lipinski definition) is 6. The third kappa shape index (κ3) is 3.15. The first kappa shape index (κ1) is 15.4. The monoisotopic (exact) mass is 348 g/mol. The fraction of sp³-hybridized carbons (Fsp3) is 0.0667. The zero-order chi connectivity index (χ0) is 16.4. The summed E-state index contributed by atoms with van der Waals surface area (Å²) in [5.74, 6) is -1.14. The van der Waals surface area contributed by atoms with E-state index in [0.29, 0.717) is 20.0 Å². The molecule has 0 aliphatic carbocycles. The van der Waals surface area contributed by atoms with Gasteiger partial charge < -0.3 is 4.74 Å². The second kappa shape index (κ2) is 6.31. The minimum Gasteiger partial charge on any atom is -0.452 e. The maximum absolute atomic E-state index is 12.1. The molecule has 2 aromatic heterocycles. The maximum atomic E-state index is 12.1. The van der Waals surface area contributed by atoms with E-state index in [1.165, 1.54) is 0 Å². The molecule has 0 bridgehead atoms. The average molecular weight is 349 g/mol. The summed E-state index contributed by atoms with van der Waals surface area (Å²) in [4.78, 5) is 36.1. The Kier molecular flexibility index (Phi) is 4.22. The van der Waals surface area contributed by atoms with E-state index in [9.17, 15) is 14.4 Å². The summed E-state index contributed by atoms with van der Waals surface area (Å²) in [6.07, 6.45) is 0. The number of esters is 1. The Morgan fingerprint density at radius 2 is 1.91 bits per heavy atom. The number of carbonyl (C=O) groups is 2. The molecule has 0 aliphatic rings. The Hall–Kier alpha value is -2.51. The molecule has 3 rings (SSSR count). The number of aromatic nitrogens is 2. The van der Waals surface area contributed by atoms with Gasteiger partial charge in [0.05, 0.1) is 14.6 Å². The number of hydrogen-bond donors (Lipinski definition) is 1. The molecule has 0 saturated carbocycles. The molecule has 1 N–H and O–H groups in total. The third-order valence-corrected chi connectivity index (χ3v) is 4.34. The highest BCUT2D eigenvalue weighted by atomic mass is 35.5. The lowest BCUT2D eigenvalue weighted by atomic mass is 10.1. The van der Waals surface area contributed by atoms with Crippen molar-refractivity contribution in [3.63, 3.8) is 0 Å². The first-order chi connectivity index (χ1) is 11.1. The number of halogens is 1. The number of aromatic amines is 1. The number of ether oxygens (including phenoxy) is 1. The summed E-state index contributed by atoms with van der Waals surface area (Å²) in [5.41, 5.74) is -0.446. The molecule has 0 spiro atoms. The number of nitrogens with one attached hydrogen (secondary N) is 1. The maximum Gasteiger partial charge on any atom is 0.359 e. The van der Waals surface area contributed by atoms with Gasteiger partial charge >= 0.3 is 5.97 Å². The van der Waals surface area contributed by atoms with Gasteiger partial charge in [0.2, 0.25) is 5.78 Å². The number of nitrogens with zero attached hydrogens (tertiary/aromatic N) is 1. The van der Waals surface area contributed by atoms with Crippen molar-refractivity contribution in [3.05, 3.63) is 61.7 Å². The molecule has 0 unspecified atom stereocenters. The minimum absolute atomic E-state index is 0.0442. The highest BCUT2D eigenvalue weighted by Gasteiger charge is 2.18. The van der Waals surface area contributed by atoms with Crippen molar-refractivity contribution in [3.8, 4) is 0 Å². The molecule has 3 aromatic rings. The van der Waals surface area contributed by atoms with Crippen LogP contribution in [0.1, 0.15) is 20.2 Å². The van der Waals surface area contributed by atoms with Crippen LogP contribution < -0.4 is 5.56 Å². The highest BCUT2D eigenvalue weighted by molar-refractivity contribution is 7.18. The molecular weight excluding hydrogens is 340 g/mol. The van der Waals surface area contributed by atoms with Gasteiger partial charge in [-0.15, -0.1) is 11.3 Å². The van der Waals surface area contributed by atoms with Crippen molar-refractivity contribution in [2.75, 3.05) is 6.61 Å². The van der Waals surface area contributed by atoms with E-state index in [4.69, 9.17) is 16.3 Å². The standard InChI is InChI=1S/C15H9ClN2O4S/c16-12-6-5-11(23-12)10(19)7-22-15(21)13-8-3-1-2-4-9(8)14(20)18-17-13/h1-6H,7H2,(H,18,20). The fourth-order valence-electron chi connectivity index (χ4n) is 2.01. The number of benzene rings is 1. The molecule has 0 atom stereocenters. The Balaban J connectivity index is 1.80. The van der Waals surface area contributed by atoms with Gasteiger partial charge in [-0.05, 0) is 18.2 Å². The van der Waals surface area contributed by atoms with E-state index in [0.717, 1.165) is 11.3 Å². The van der Waals surface area contributed by atoms with Gasteiger partial charge in [-0.25, -0.2) is 9.89 Å². The van der Waals surface area contributed by atoms with Gasteiger partial charge in [-0.2, -0.15) is 5.10 Å². The van der Waals surface area contributed by atoms with E-state index < -0.39 is 18.1 Å². The SMILES string of the molecule is O=C(COC(=O)c1n[nH]c(=O)c2ccccc12)c1ccc(Cl)s1. The molecule has 116 valence electrons. The molecule has 8 heteroatoms. The van der Waals surface area contributed by atoms with Crippen LogP contribution in [-0.4, -0.2) is 28.6 Å². The van der Waals surface area contributed by atoms with Crippen LogP contribution in [0.3, 0.4) is 0 Å². The van der Waals surface area contributed by atoms with E-state index in [1.54, 1.807) is 36.4 Å². The molecule has 23 heavy (non-hydrogen) atoms. The summed E-state index contributed by atoms with van der Waals surface area (Å²) < 4.78 is 5.47. The lowest BCUT2D eigenvalue weighted by molar-refractivity contribution is 0.0471. The molecule has 6 nitrogen and oxygen atoms in total. The Labute approximate surface area is 138 Å². The van der Waals surface area contributed by atoms with Gasteiger partial charge in [0, 0.05) is 5.39 Å². The van der Waals surface area contributed by atoms with Crippen LogP contribution in [0, 0.1) is 0 Å². The number of ketones is 1. The fourth-order valence-corrected chi connectivity index (χ4v) is 2.97. The van der Waals surface area contributed by atoms with Crippen LogP contribution >= 0.6 is 22.9 Å². The first-order valence-electron chi connectivity index (χ1n) is 6.49. The molecule has 0 fully saturated rings. The quantitative estimate of drug-likeness (QED) is 0.578. The van der Waals surface area contributed by atoms with Crippen LogP contribution in [0.2, 0.25) is 4.34 Å². The summed E-state index contributed by atoms with van der Waals surface area (Å²) in [7, 11) is 0. The van der Waals surface area contributed by atoms with Crippen molar-refractivity contribution in [1.82, 2.24) is 10.2 Å². The Bertz CT molecular complexity index is 963. The molecule has 0 radical (unpaired) electrons. The summed E-state index contributed by atoms with van der Waals surface area (Å²) in [6.45, 7) is -0.426. The number of carbonyl (C=O) groups excluding carboxylic acids is 2. The molecule has 0 saturated heterocycles. The number of rotatable bonds is 4. The van der Waals surface area contributed by atoms with Crippen LogP contribution in [0.5, 0.6) is 0 Å². The predicted octanol–water partition coefficient (Wildman–Crippen LogP) is 2.68. The second-order valence-electron chi connectivity index (χ2n) is 4.55. The third-order valence-electron chi connectivity index (χ3n) is 3.07. The van der Waals surface area contributed by atoms with Gasteiger partial charge in [0.1, 0.15) is 0 Å². The Morgan fingerprint density at radius 1 is 1.17 bits per heavy atom. The van der Waals surface area contributed by atoms with Crippen molar-refractivity contribution >= 4 is 45.5 Å². The number of Topliss-reactive ketones (excluding diaryl/α,β-unsaturated/α-hetero) is 1. The van der Waals surface area contributed by atoms with E-state index in [-0.39, 0.29) is 11.5 Å². The summed E-state index contributed by atoms with van der Waals surface area (Å²) >= 11 is 6.87. The topological polar surface area (TPSA) is 89.1 Å². The highest BCUT2D eigenvalue weighted by Crippen LogP contribution is 2.22. The summed E-state index contributed by atoms with van der Waals surface area (Å²) in [6, 6.07) is 9.69. The first-order valence-corrected chi connectivity index (χ1v) is 7.69. The lowest BCUT2D eigenvalue weighted by Gasteiger charge is -2.05. The van der Waals surface area contributed by atoms with Gasteiger partial charge in [0.15, 0.2) is 12.3 Å². The number of thiophene rings is 1. The van der Waals surface area contributed by atoms with Crippen LogP contribution in [0.25, 0.3) is 10.8 Å².